The maximum Gasteiger partial charge on any atom is 0.0703 e. The van der Waals surface area contributed by atoms with Gasteiger partial charge in [-0.15, -0.1) is 0 Å². The van der Waals surface area contributed by atoms with E-state index in [1.54, 1.807) is 0 Å². The quantitative estimate of drug-likeness (QED) is 0.848. The standard InChI is InChI=1S/C14H17BrN2/c1-17(11-14(10-16)7-4-8-14)9-12-5-2-3-6-13(12)15/h2-3,5-6H,4,7-9,11H2,1H3. The van der Waals surface area contributed by atoms with Crippen molar-refractivity contribution < 1.29 is 0 Å². The molecular weight excluding hydrogens is 276 g/mol. The Kier molecular flexibility index (Phi) is 3.86. The largest absolute Gasteiger partial charge is 0.300 e. The van der Waals surface area contributed by atoms with Gasteiger partial charge in [0.25, 0.3) is 0 Å². The highest BCUT2D eigenvalue weighted by Gasteiger charge is 2.37. The Hall–Kier alpha value is -0.850. The molecule has 1 aromatic rings. The Balaban J connectivity index is 1.96. The van der Waals surface area contributed by atoms with Crippen LogP contribution in [0.2, 0.25) is 0 Å². The highest BCUT2D eigenvalue weighted by Crippen LogP contribution is 2.40. The average Bonchev–Trinajstić information content (AvgIpc) is 2.27. The van der Waals surface area contributed by atoms with Crippen molar-refractivity contribution in [3.8, 4) is 6.07 Å². The van der Waals surface area contributed by atoms with Gasteiger partial charge in [0.2, 0.25) is 0 Å². The van der Waals surface area contributed by atoms with E-state index in [4.69, 9.17) is 0 Å². The average molecular weight is 293 g/mol. The van der Waals surface area contributed by atoms with E-state index >= 15 is 0 Å². The second-order valence-electron chi connectivity index (χ2n) is 5.01. The SMILES string of the molecule is CN(Cc1ccccc1Br)CC1(C#N)CCC1. The lowest BCUT2D eigenvalue weighted by Crippen LogP contribution is -2.39. The van der Waals surface area contributed by atoms with Crippen molar-refractivity contribution in [3.05, 3.63) is 34.3 Å². The van der Waals surface area contributed by atoms with Crippen LogP contribution in [-0.2, 0) is 6.54 Å². The van der Waals surface area contributed by atoms with Gasteiger partial charge in [-0.3, -0.25) is 0 Å². The van der Waals surface area contributed by atoms with Crippen molar-refractivity contribution in [3.63, 3.8) is 0 Å². The highest BCUT2D eigenvalue weighted by molar-refractivity contribution is 9.10. The van der Waals surface area contributed by atoms with Gasteiger partial charge in [-0.05, 0) is 31.5 Å². The minimum Gasteiger partial charge on any atom is -0.300 e. The third-order valence-corrected chi connectivity index (χ3v) is 4.29. The summed E-state index contributed by atoms with van der Waals surface area (Å²) in [5.74, 6) is 0. The first-order valence-electron chi connectivity index (χ1n) is 5.98. The first-order chi connectivity index (χ1) is 8.15. The molecule has 0 unspecified atom stereocenters. The van der Waals surface area contributed by atoms with Gasteiger partial charge < -0.3 is 4.90 Å². The predicted octanol–water partition coefficient (Wildman–Crippen LogP) is 3.57. The van der Waals surface area contributed by atoms with Crippen molar-refractivity contribution in [1.29, 1.82) is 5.26 Å². The number of benzene rings is 1. The molecule has 0 N–H and O–H groups in total. The number of nitriles is 1. The van der Waals surface area contributed by atoms with Gasteiger partial charge in [-0.1, -0.05) is 40.5 Å². The zero-order valence-electron chi connectivity index (χ0n) is 10.1. The lowest BCUT2D eigenvalue weighted by atomic mass is 9.69. The van der Waals surface area contributed by atoms with Gasteiger partial charge in [-0.25, -0.2) is 0 Å². The summed E-state index contributed by atoms with van der Waals surface area (Å²) in [4.78, 5) is 2.25. The summed E-state index contributed by atoms with van der Waals surface area (Å²) in [6.07, 6.45) is 3.32. The summed E-state index contributed by atoms with van der Waals surface area (Å²) in [7, 11) is 2.09. The molecule has 0 radical (unpaired) electrons. The first-order valence-corrected chi connectivity index (χ1v) is 6.78. The van der Waals surface area contributed by atoms with E-state index in [-0.39, 0.29) is 5.41 Å². The molecule has 0 saturated heterocycles. The molecule has 0 aromatic heterocycles. The molecule has 0 atom stereocenters. The van der Waals surface area contributed by atoms with Crippen LogP contribution in [0.5, 0.6) is 0 Å². The van der Waals surface area contributed by atoms with Gasteiger partial charge >= 0.3 is 0 Å². The smallest absolute Gasteiger partial charge is 0.0703 e. The predicted molar refractivity (Wildman–Crippen MR) is 72.4 cm³/mol. The second kappa shape index (κ2) is 5.20. The summed E-state index contributed by atoms with van der Waals surface area (Å²) in [5, 5.41) is 9.22. The molecule has 90 valence electrons. The molecule has 1 fully saturated rings. The number of hydrogen-bond acceptors (Lipinski definition) is 2. The lowest BCUT2D eigenvalue weighted by Gasteiger charge is -2.38. The molecular formula is C14H17BrN2. The number of hydrogen-bond donors (Lipinski definition) is 0. The fourth-order valence-corrected chi connectivity index (χ4v) is 2.81. The first kappa shape index (κ1) is 12.6. The van der Waals surface area contributed by atoms with Gasteiger partial charge in [-0.2, -0.15) is 5.26 Å². The summed E-state index contributed by atoms with van der Waals surface area (Å²) >= 11 is 3.56. The second-order valence-corrected chi connectivity index (χ2v) is 5.86. The van der Waals surface area contributed by atoms with Crippen LogP contribution in [0.25, 0.3) is 0 Å². The third-order valence-electron chi connectivity index (χ3n) is 3.52. The lowest BCUT2D eigenvalue weighted by molar-refractivity contribution is 0.134. The molecule has 0 heterocycles. The monoisotopic (exact) mass is 292 g/mol. The van der Waals surface area contributed by atoms with Crippen LogP contribution in [0.15, 0.2) is 28.7 Å². The Morgan fingerprint density at radius 2 is 2.12 bits per heavy atom. The van der Waals surface area contributed by atoms with Crippen molar-refractivity contribution >= 4 is 15.9 Å². The topological polar surface area (TPSA) is 27.0 Å². The van der Waals surface area contributed by atoms with Crippen LogP contribution in [-0.4, -0.2) is 18.5 Å². The Morgan fingerprint density at radius 1 is 1.41 bits per heavy atom. The van der Waals surface area contributed by atoms with Gasteiger partial charge in [0.15, 0.2) is 0 Å². The van der Waals surface area contributed by atoms with Crippen LogP contribution in [0, 0.1) is 16.7 Å². The fraction of sp³-hybridized carbons (Fsp3) is 0.500. The van der Waals surface area contributed by atoms with Crippen LogP contribution < -0.4 is 0 Å². The highest BCUT2D eigenvalue weighted by atomic mass is 79.9. The van der Waals surface area contributed by atoms with Crippen LogP contribution in [0.1, 0.15) is 24.8 Å². The van der Waals surface area contributed by atoms with E-state index in [0.717, 1.165) is 30.4 Å². The van der Waals surface area contributed by atoms with Crippen molar-refractivity contribution in [2.75, 3.05) is 13.6 Å². The zero-order chi connectivity index (χ0) is 12.3. The molecule has 2 rings (SSSR count). The van der Waals surface area contributed by atoms with Gasteiger partial charge in [0.1, 0.15) is 0 Å². The zero-order valence-corrected chi connectivity index (χ0v) is 11.7. The number of halogens is 1. The summed E-state index contributed by atoms with van der Waals surface area (Å²) in [5.41, 5.74) is 1.21. The van der Waals surface area contributed by atoms with Crippen LogP contribution in [0.3, 0.4) is 0 Å². The maximum atomic E-state index is 9.22. The molecule has 2 nitrogen and oxygen atoms in total. The summed E-state index contributed by atoms with van der Waals surface area (Å²) in [6.45, 7) is 1.77. The molecule has 17 heavy (non-hydrogen) atoms. The maximum absolute atomic E-state index is 9.22. The molecule has 1 aromatic carbocycles. The Bertz CT molecular complexity index is 432. The number of rotatable bonds is 4. The molecule has 1 aliphatic rings. The molecule has 0 amide bonds. The Morgan fingerprint density at radius 3 is 2.65 bits per heavy atom. The van der Waals surface area contributed by atoms with E-state index < -0.39 is 0 Å². The molecule has 1 saturated carbocycles. The van der Waals surface area contributed by atoms with E-state index in [1.807, 2.05) is 6.07 Å². The molecule has 0 aliphatic heterocycles. The van der Waals surface area contributed by atoms with E-state index in [9.17, 15) is 5.26 Å². The van der Waals surface area contributed by atoms with Crippen molar-refractivity contribution in [1.82, 2.24) is 4.90 Å². The van der Waals surface area contributed by atoms with Crippen LogP contribution >= 0.6 is 15.9 Å². The molecule has 0 spiro atoms. The van der Waals surface area contributed by atoms with E-state index in [2.05, 4.69) is 52.1 Å². The third kappa shape index (κ3) is 2.88. The van der Waals surface area contributed by atoms with Gasteiger partial charge in [0, 0.05) is 17.6 Å². The van der Waals surface area contributed by atoms with Crippen molar-refractivity contribution in [2.45, 2.75) is 25.8 Å². The summed E-state index contributed by atoms with van der Waals surface area (Å²) < 4.78 is 1.14. The molecule has 3 heteroatoms. The van der Waals surface area contributed by atoms with Gasteiger partial charge in [0.05, 0.1) is 11.5 Å². The molecule has 1 aliphatic carbocycles. The minimum atomic E-state index is -0.0734. The normalized spacial score (nSPS) is 17.5. The van der Waals surface area contributed by atoms with Crippen molar-refractivity contribution in [2.24, 2.45) is 5.41 Å². The summed E-state index contributed by atoms with van der Waals surface area (Å²) in [6, 6.07) is 10.8. The Labute approximate surface area is 111 Å². The fourth-order valence-electron chi connectivity index (χ4n) is 2.40. The van der Waals surface area contributed by atoms with E-state index in [0.29, 0.717) is 0 Å². The number of nitrogens with zero attached hydrogens (tertiary/aromatic N) is 2. The minimum absolute atomic E-state index is 0.0734. The molecule has 0 bridgehead atoms. The van der Waals surface area contributed by atoms with E-state index in [1.165, 1.54) is 12.0 Å². The van der Waals surface area contributed by atoms with Crippen LogP contribution in [0.4, 0.5) is 0 Å².